The lowest BCUT2D eigenvalue weighted by Crippen LogP contribution is -2.30. The molecule has 0 radical (unpaired) electrons. The van der Waals surface area contributed by atoms with E-state index in [0.717, 1.165) is 116 Å². The highest BCUT2D eigenvalue weighted by Gasteiger charge is 2.19. The number of allylic oxidation sites excluding steroid dienone is 18. The fraction of sp³-hybridized carbons (Fsp3) is 0.656. The summed E-state index contributed by atoms with van der Waals surface area (Å²) in [5.74, 6) is -0.999. The summed E-state index contributed by atoms with van der Waals surface area (Å²) in [4.78, 5) is 38.1. The number of carbonyl (C=O) groups excluding carboxylic acids is 3. The molecular weight excluding hydrogens is 829 g/mol. The highest BCUT2D eigenvalue weighted by molar-refractivity contribution is 5.71. The van der Waals surface area contributed by atoms with E-state index in [4.69, 9.17) is 14.2 Å². The van der Waals surface area contributed by atoms with E-state index in [-0.39, 0.29) is 37.5 Å². The Labute approximate surface area is 412 Å². The second-order valence-electron chi connectivity index (χ2n) is 17.8. The van der Waals surface area contributed by atoms with Crippen molar-refractivity contribution in [2.24, 2.45) is 0 Å². The second-order valence-corrected chi connectivity index (χ2v) is 17.8. The number of hydrogen-bond donors (Lipinski definition) is 0. The average Bonchev–Trinajstić information content (AvgIpc) is 3.33. The summed E-state index contributed by atoms with van der Waals surface area (Å²) in [5, 5.41) is 0. The van der Waals surface area contributed by atoms with Gasteiger partial charge in [0.2, 0.25) is 0 Å². The molecule has 0 unspecified atom stereocenters. The molecule has 0 bridgehead atoms. The Morgan fingerprint density at radius 1 is 0.299 bits per heavy atom. The Bertz CT molecular complexity index is 1390. The van der Waals surface area contributed by atoms with Crippen molar-refractivity contribution in [1.82, 2.24) is 0 Å². The molecule has 0 aromatic rings. The summed E-state index contributed by atoms with van der Waals surface area (Å²) in [6.07, 6.45) is 73.5. The van der Waals surface area contributed by atoms with Crippen molar-refractivity contribution in [3.8, 4) is 0 Å². The molecule has 6 heteroatoms. The van der Waals surface area contributed by atoms with Gasteiger partial charge in [-0.1, -0.05) is 194 Å². The van der Waals surface area contributed by atoms with Crippen molar-refractivity contribution in [2.75, 3.05) is 13.2 Å². The Morgan fingerprint density at radius 3 is 0.881 bits per heavy atom. The SMILES string of the molecule is CCCCC/C=C\C/C=C\C/C=C\C/C=C\CCCCCC(=O)O[C@H](COC(=O)CCCC/C=C\C/C=C\C/C=C\CCCCC)COC(=O)CCCCCCC/C=C\C/C=C\CCCCC. The molecule has 6 nitrogen and oxygen atoms in total. The maximum Gasteiger partial charge on any atom is 0.306 e. The number of ether oxygens (including phenoxy) is 3. The summed E-state index contributed by atoms with van der Waals surface area (Å²) in [7, 11) is 0. The van der Waals surface area contributed by atoms with Gasteiger partial charge in [-0.3, -0.25) is 14.4 Å². The normalized spacial score (nSPS) is 12.9. The van der Waals surface area contributed by atoms with E-state index in [1.807, 2.05) is 0 Å². The van der Waals surface area contributed by atoms with Crippen LogP contribution in [-0.4, -0.2) is 37.2 Å². The third-order valence-corrected chi connectivity index (χ3v) is 11.2. The molecule has 0 N–H and O–H groups in total. The first-order valence-electron chi connectivity index (χ1n) is 27.4. The standard InChI is InChI=1S/C61H100O6/c1-4-7-10-13-16-19-22-25-28-29-30-31-34-37-40-43-46-49-52-55-61(64)67-58(56-65-59(62)53-50-47-44-41-38-35-32-26-23-20-17-14-11-8-5-2)57-66-60(63)54-51-48-45-42-39-36-33-27-24-21-18-15-12-9-6-3/h16-21,25-28,30-33,37-38,40-41,58H,4-15,22-24,29,34-36,39,42-57H2,1-3H3/b19-16-,20-17-,21-18-,28-25-,31-30-,32-26-,33-27-,40-37-,41-38-/t58-/m1/s1. The number of hydrogen-bond acceptors (Lipinski definition) is 6. The Balaban J connectivity index is 4.55. The molecule has 1 atom stereocenters. The van der Waals surface area contributed by atoms with Gasteiger partial charge in [0.05, 0.1) is 0 Å². The molecule has 0 aliphatic rings. The average molecular weight is 929 g/mol. The van der Waals surface area contributed by atoms with E-state index < -0.39 is 6.10 Å². The van der Waals surface area contributed by atoms with Gasteiger partial charge in [0, 0.05) is 19.3 Å². The van der Waals surface area contributed by atoms with Gasteiger partial charge in [-0.05, 0) is 135 Å². The van der Waals surface area contributed by atoms with Gasteiger partial charge in [-0.15, -0.1) is 0 Å². The first-order chi connectivity index (χ1) is 33.0. The molecule has 0 fully saturated rings. The van der Waals surface area contributed by atoms with Crippen LogP contribution in [0.2, 0.25) is 0 Å². The van der Waals surface area contributed by atoms with E-state index in [2.05, 4.69) is 130 Å². The number of esters is 3. The Morgan fingerprint density at radius 2 is 0.537 bits per heavy atom. The minimum Gasteiger partial charge on any atom is -0.462 e. The molecule has 0 rings (SSSR count). The summed E-state index contributed by atoms with van der Waals surface area (Å²) < 4.78 is 16.8. The topological polar surface area (TPSA) is 78.9 Å². The zero-order valence-electron chi connectivity index (χ0n) is 43.4. The van der Waals surface area contributed by atoms with E-state index in [1.165, 1.54) is 77.0 Å². The molecule has 0 spiro atoms. The van der Waals surface area contributed by atoms with Crippen molar-refractivity contribution < 1.29 is 28.6 Å². The molecule has 380 valence electrons. The highest BCUT2D eigenvalue weighted by Crippen LogP contribution is 2.12. The van der Waals surface area contributed by atoms with Gasteiger partial charge in [0.15, 0.2) is 6.10 Å². The van der Waals surface area contributed by atoms with Crippen LogP contribution in [0.1, 0.15) is 239 Å². The quantitative estimate of drug-likeness (QED) is 0.0262. The maximum atomic E-state index is 12.8. The van der Waals surface area contributed by atoms with Crippen LogP contribution in [0.3, 0.4) is 0 Å². The van der Waals surface area contributed by atoms with Gasteiger partial charge in [0.1, 0.15) is 13.2 Å². The number of carbonyl (C=O) groups is 3. The largest absolute Gasteiger partial charge is 0.462 e. The van der Waals surface area contributed by atoms with Crippen LogP contribution in [0.5, 0.6) is 0 Å². The summed E-state index contributed by atoms with van der Waals surface area (Å²) >= 11 is 0. The molecule has 0 amide bonds. The second kappa shape index (κ2) is 54.7. The minimum absolute atomic E-state index is 0.112. The first-order valence-corrected chi connectivity index (χ1v) is 27.4. The van der Waals surface area contributed by atoms with Crippen molar-refractivity contribution in [1.29, 1.82) is 0 Å². The summed E-state index contributed by atoms with van der Waals surface area (Å²) in [6.45, 7) is 6.47. The molecular formula is C61H100O6. The van der Waals surface area contributed by atoms with Crippen molar-refractivity contribution in [2.45, 2.75) is 245 Å². The molecule has 67 heavy (non-hydrogen) atoms. The molecule has 0 aromatic carbocycles. The molecule has 0 aliphatic carbocycles. The minimum atomic E-state index is -0.818. The smallest absolute Gasteiger partial charge is 0.306 e. The third-order valence-electron chi connectivity index (χ3n) is 11.2. The molecule has 0 heterocycles. The van der Waals surface area contributed by atoms with Crippen LogP contribution in [0.15, 0.2) is 109 Å². The maximum absolute atomic E-state index is 12.8. The Kier molecular flexibility index (Phi) is 51.5. The van der Waals surface area contributed by atoms with E-state index in [1.54, 1.807) is 0 Å². The lowest BCUT2D eigenvalue weighted by Gasteiger charge is -2.18. The van der Waals surface area contributed by atoms with Gasteiger partial charge in [-0.2, -0.15) is 0 Å². The lowest BCUT2D eigenvalue weighted by molar-refractivity contribution is -0.167. The predicted molar refractivity (Wildman–Crippen MR) is 288 cm³/mol. The van der Waals surface area contributed by atoms with Crippen LogP contribution in [0, 0.1) is 0 Å². The summed E-state index contributed by atoms with van der Waals surface area (Å²) in [5.41, 5.74) is 0. The van der Waals surface area contributed by atoms with Gasteiger partial charge in [-0.25, -0.2) is 0 Å². The molecule has 0 saturated carbocycles. The van der Waals surface area contributed by atoms with Crippen molar-refractivity contribution in [3.63, 3.8) is 0 Å². The predicted octanol–water partition coefficient (Wildman–Crippen LogP) is 18.3. The van der Waals surface area contributed by atoms with Gasteiger partial charge >= 0.3 is 17.9 Å². The van der Waals surface area contributed by atoms with Gasteiger partial charge in [0.25, 0.3) is 0 Å². The molecule has 0 saturated heterocycles. The highest BCUT2D eigenvalue weighted by atomic mass is 16.6. The first kappa shape index (κ1) is 63.1. The van der Waals surface area contributed by atoms with Crippen molar-refractivity contribution in [3.05, 3.63) is 109 Å². The van der Waals surface area contributed by atoms with E-state index in [0.29, 0.717) is 19.3 Å². The van der Waals surface area contributed by atoms with E-state index >= 15 is 0 Å². The molecule has 0 aromatic heterocycles. The lowest BCUT2D eigenvalue weighted by atomic mass is 10.1. The summed E-state index contributed by atoms with van der Waals surface area (Å²) in [6, 6.07) is 0. The van der Waals surface area contributed by atoms with Gasteiger partial charge < -0.3 is 14.2 Å². The van der Waals surface area contributed by atoms with E-state index in [9.17, 15) is 14.4 Å². The zero-order valence-corrected chi connectivity index (χ0v) is 43.4. The number of rotatable bonds is 48. The van der Waals surface area contributed by atoms with Crippen LogP contribution in [-0.2, 0) is 28.6 Å². The third kappa shape index (κ3) is 52.9. The number of unbranched alkanes of at least 4 members (excludes halogenated alkanes) is 19. The monoisotopic (exact) mass is 929 g/mol. The fourth-order valence-electron chi connectivity index (χ4n) is 7.05. The van der Waals surface area contributed by atoms with Crippen LogP contribution < -0.4 is 0 Å². The van der Waals surface area contributed by atoms with Crippen LogP contribution in [0.25, 0.3) is 0 Å². The van der Waals surface area contributed by atoms with Crippen LogP contribution >= 0.6 is 0 Å². The Hall–Kier alpha value is -3.93. The van der Waals surface area contributed by atoms with Crippen molar-refractivity contribution >= 4 is 17.9 Å². The molecule has 0 aliphatic heterocycles. The van der Waals surface area contributed by atoms with Crippen LogP contribution in [0.4, 0.5) is 0 Å². The fourth-order valence-corrected chi connectivity index (χ4v) is 7.05. The zero-order chi connectivity index (χ0) is 48.6.